The number of carbonyl (C=O) groups is 1. The highest BCUT2D eigenvalue weighted by Gasteiger charge is 2.20. The number of anilines is 1. The Morgan fingerprint density at radius 3 is 2.75 bits per heavy atom. The molecule has 0 spiro atoms. The molecule has 0 saturated heterocycles. The Bertz CT molecular complexity index is 343. The molecule has 0 bridgehead atoms. The number of carbonyl (C=O) groups excluding carboxylic acids is 1. The predicted molar refractivity (Wildman–Crippen MR) is 64.9 cm³/mol. The minimum Gasteiger partial charge on any atom is -0.357 e. The standard InChI is InChI=1S/C13H18N2O/c1-2-15(9-11-4-3-5-11)13-7-6-12(10-16)8-14-13/h6-8,10-11H,2-5,9H2,1H3. The number of pyridine rings is 1. The summed E-state index contributed by atoms with van der Waals surface area (Å²) in [7, 11) is 0. The van der Waals surface area contributed by atoms with E-state index in [-0.39, 0.29) is 0 Å². The molecular weight excluding hydrogens is 200 g/mol. The summed E-state index contributed by atoms with van der Waals surface area (Å²) >= 11 is 0. The maximum Gasteiger partial charge on any atom is 0.151 e. The second-order valence-corrected chi connectivity index (χ2v) is 4.40. The van der Waals surface area contributed by atoms with Crippen molar-refractivity contribution in [1.82, 2.24) is 4.98 Å². The average molecular weight is 218 g/mol. The normalized spacial score (nSPS) is 15.6. The molecule has 0 radical (unpaired) electrons. The topological polar surface area (TPSA) is 33.2 Å². The third kappa shape index (κ3) is 2.40. The van der Waals surface area contributed by atoms with Gasteiger partial charge in [-0.1, -0.05) is 6.42 Å². The summed E-state index contributed by atoms with van der Waals surface area (Å²) in [6, 6.07) is 3.77. The second kappa shape index (κ2) is 5.10. The third-order valence-corrected chi connectivity index (χ3v) is 3.32. The zero-order chi connectivity index (χ0) is 11.4. The summed E-state index contributed by atoms with van der Waals surface area (Å²) in [6.07, 6.45) is 6.55. The van der Waals surface area contributed by atoms with Gasteiger partial charge in [0.2, 0.25) is 0 Å². The number of aldehydes is 1. The van der Waals surface area contributed by atoms with E-state index in [1.165, 1.54) is 19.3 Å². The number of aromatic nitrogens is 1. The minimum absolute atomic E-state index is 0.642. The van der Waals surface area contributed by atoms with Crippen LogP contribution in [0.4, 0.5) is 5.82 Å². The number of rotatable bonds is 5. The van der Waals surface area contributed by atoms with Crippen LogP contribution in [0.5, 0.6) is 0 Å². The van der Waals surface area contributed by atoms with Crippen molar-refractivity contribution < 1.29 is 4.79 Å². The van der Waals surface area contributed by atoms with Gasteiger partial charge in [0.15, 0.2) is 6.29 Å². The van der Waals surface area contributed by atoms with Gasteiger partial charge in [-0.15, -0.1) is 0 Å². The van der Waals surface area contributed by atoms with E-state index in [2.05, 4.69) is 16.8 Å². The van der Waals surface area contributed by atoms with Gasteiger partial charge in [-0.25, -0.2) is 4.98 Å². The van der Waals surface area contributed by atoms with Gasteiger partial charge in [0.1, 0.15) is 5.82 Å². The smallest absolute Gasteiger partial charge is 0.151 e. The van der Waals surface area contributed by atoms with Crippen LogP contribution in [-0.4, -0.2) is 24.4 Å². The Labute approximate surface area is 96.5 Å². The highest BCUT2D eigenvalue weighted by Crippen LogP contribution is 2.28. The first-order valence-corrected chi connectivity index (χ1v) is 5.99. The molecule has 1 fully saturated rings. The van der Waals surface area contributed by atoms with Crippen LogP contribution in [0.2, 0.25) is 0 Å². The molecule has 1 aromatic heterocycles. The van der Waals surface area contributed by atoms with Crippen molar-refractivity contribution in [1.29, 1.82) is 0 Å². The number of nitrogens with zero attached hydrogens (tertiary/aromatic N) is 2. The average Bonchev–Trinajstić information content (AvgIpc) is 2.28. The van der Waals surface area contributed by atoms with Gasteiger partial charge in [0.05, 0.1) is 0 Å². The highest BCUT2D eigenvalue weighted by molar-refractivity contribution is 5.74. The molecule has 1 aliphatic carbocycles. The van der Waals surface area contributed by atoms with E-state index < -0.39 is 0 Å². The molecule has 0 aromatic carbocycles. The first-order valence-electron chi connectivity index (χ1n) is 5.99. The maximum absolute atomic E-state index is 10.5. The quantitative estimate of drug-likeness (QED) is 0.712. The van der Waals surface area contributed by atoms with Crippen LogP contribution in [0.15, 0.2) is 18.3 Å². The fourth-order valence-electron chi connectivity index (χ4n) is 2.03. The largest absolute Gasteiger partial charge is 0.357 e. The van der Waals surface area contributed by atoms with Crippen LogP contribution in [0.25, 0.3) is 0 Å². The fourth-order valence-corrected chi connectivity index (χ4v) is 2.03. The molecule has 3 heteroatoms. The van der Waals surface area contributed by atoms with Gasteiger partial charge in [-0.05, 0) is 37.8 Å². The Kier molecular flexibility index (Phi) is 3.54. The van der Waals surface area contributed by atoms with Crippen LogP contribution < -0.4 is 4.90 Å². The van der Waals surface area contributed by atoms with Crippen LogP contribution in [0, 0.1) is 5.92 Å². The molecule has 2 rings (SSSR count). The Morgan fingerprint density at radius 1 is 1.50 bits per heavy atom. The lowest BCUT2D eigenvalue weighted by molar-refractivity contribution is 0.112. The molecule has 0 N–H and O–H groups in total. The van der Waals surface area contributed by atoms with Crippen LogP contribution in [0.3, 0.4) is 0 Å². The van der Waals surface area contributed by atoms with Crippen LogP contribution in [-0.2, 0) is 0 Å². The number of hydrogen-bond donors (Lipinski definition) is 0. The molecule has 0 unspecified atom stereocenters. The Morgan fingerprint density at radius 2 is 2.31 bits per heavy atom. The van der Waals surface area contributed by atoms with E-state index in [4.69, 9.17) is 0 Å². The molecule has 1 saturated carbocycles. The SMILES string of the molecule is CCN(CC1CCC1)c1ccc(C=O)cn1. The lowest BCUT2D eigenvalue weighted by Gasteiger charge is -2.32. The van der Waals surface area contributed by atoms with Gasteiger partial charge in [0, 0.05) is 24.8 Å². The van der Waals surface area contributed by atoms with E-state index in [1.54, 1.807) is 6.20 Å². The molecule has 0 aliphatic heterocycles. The molecular formula is C13H18N2O. The zero-order valence-corrected chi connectivity index (χ0v) is 9.72. The van der Waals surface area contributed by atoms with Crippen LogP contribution >= 0.6 is 0 Å². The fraction of sp³-hybridized carbons (Fsp3) is 0.538. The van der Waals surface area contributed by atoms with Gasteiger partial charge in [-0.3, -0.25) is 4.79 Å². The van der Waals surface area contributed by atoms with Crippen LogP contribution in [0.1, 0.15) is 36.5 Å². The lowest BCUT2D eigenvalue weighted by atomic mass is 9.85. The second-order valence-electron chi connectivity index (χ2n) is 4.40. The van der Waals surface area contributed by atoms with Crippen molar-refractivity contribution in [2.75, 3.05) is 18.0 Å². The summed E-state index contributed by atoms with van der Waals surface area (Å²) in [6.45, 7) is 4.22. The predicted octanol–water partition coefficient (Wildman–Crippen LogP) is 2.52. The van der Waals surface area contributed by atoms with Gasteiger partial charge in [-0.2, -0.15) is 0 Å². The summed E-state index contributed by atoms with van der Waals surface area (Å²) in [5, 5.41) is 0. The van der Waals surface area contributed by atoms with E-state index in [0.717, 1.165) is 31.1 Å². The minimum atomic E-state index is 0.642. The highest BCUT2D eigenvalue weighted by atomic mass is 16.1. The van der Waals surface area contributed by atoms with E-state index in [1.807, 2.05) is 12.1 Å². The summed E-state index contributed by atoms with van der Waals surface area (Å²) in [4.78, 5) is 17.2. The molecule has 3 nitrogen and oxygen atoms in total. The third-order valence-electron chi connectivity index (χ3n) is 3.32. The summed E-state index contributed by atoms with van der Waals surface area (Å²) in [5.74, 6) is 1.83. The molecule has 1 aliphatic rings. The molecule has 86 valence electrons. The molecule has 1 aromatic rings. The number of hydrogen-bond acceptors (Lipinski definition) is 3. The van der Waals surface area contributed by atoms with Crippen molar-refractivity contribution in [2.45, 2.75) is 26.2 Å². The van der Waals surface area contributed by atoms with Crippen molar-refractivity contribution in [3.63, 3.8) is 0 Å². The zero-order valence-electron chi connectivity index (χ0n) is 9.72. The van der Waals surface area contributed by atoms with E-state index >= 15 is 0 Å². The maximum atomic E-state index is 10.5. The van der Waals surface area contributed by atoms with Gasteiger partial charge >= 0.3 is 0 Å². The van der Waals surface area contributed by atoms with Crippen molar-refractivity contribution >= 4 is 12.1 Å². The van der Waals surface area contributed by atoms with Gasteiger partial charge < -0.3 is 4.90 Å². The molecule has 16 heavy (non-hydrogen) atoms. The van der Waals surface area contributed by atoms with E-state index in [9.17, 15) is 4.79 Å². The first kappa shape index (κ1) is 11.1. The lowest BCUT2D eigenvalue weighted by Crippen LogP contribution is -2.32. The Hall–Kier alpha value is -1.38. The summed E-state index contributed by atoms with van der Waals surface area (Å²) in [5.41, 5.74) is 0.642. The van der Waals surface area contributed by atoms with Crippen molar-refractivity contribution in [3.8, 4) is 0 Å². The summed E-state index contributed by atoms with van der Waals surface area (Å²) < 4.78 is 0. The Balaban J connectivity index is 2.03. The van der Waals surface area contributed by atoms with Crippen molar-refractivity contribution in [3.05, 3.63) is 23.9 Å². The molecule has 0 amide bonds. The first-order chi connectivity index (χ1) is 7.83. The molecule has 0 atom stereocenters. The van der Waals surface area contributed by atoms with Gasteiger partial charge in [0.25, 0.3) is 0 Å². The monoisotopic (exact) mass is 218 g/mol. The van der Waals surface area contributed by atoms with E-state index in [0.29, 0.717) is 5.56 Å². The van der Waals surface area contributed by atoms with Crippen molar-refractivity contribution in [2.24, 2.45) is 5.92 Å². The molecule has 1 heterocycles.